The summed E-state index contributed by atoms with van der Waals surface area (Å²) >= 11 is 1.53. The molecule has 2 aromatic carbocycles. The molecular weight excluding hydrogens is 362 g/mol. The molecule has 0 atom stereocenters. The predicted molar refractivity (Wildman–Crippen MR) is 104 cm³/mol. The van der Waals surface area contributed by atoms with Gasteiger partial charge in [-0.3, -0.25) is 0 Å². The molecule has 0 aliphatic carbocycles. The van der Waals surface area contributed by atoms with Crippen LogP contribution in [0.1, 0.15) is 23.6 Å². The van der Waals surface area contributed by atoms with Gasteiger partial charge in [-0.15, -0.1) is 11.3 Å². The molecule has 0 spiro atoms. The second-order valence-electron chi connectivity index (χ2n) is 6.06. The van der Waals surface area contributed by atoms with E-state index < -0.39 is 5.97 Å². The van der Waals surface area contributed by atoms with E-state index in [9.17, 15) is 9.90 Å². The Bertz CT molecular complexity index is 1120. The Balaban J connectivity index is 1.79. The number of para-hydroxylation sites is 2. The number of aliphatic carboxylic acids is 1. The Kier molecular flexibility index (Phi) is 4.64. The van der Waals surface area contributed by atoms with Gasteiger partial charge in [-0.05, 0) is 48.8 Å². The zero-order chi connectivity index (χ0) is 18.8. The van der Waals surface area contributed by atoms with Crippen LogP contribution >= 0.6 is 11.3 Å². The third kappa shape index (κ3) is 3.57. The molecule has 0 saturated carbocycles. The standard InChI is InChI=1S/C21H17NO4S/c1-25-17-7-4-5-13-11-15(26-20(13)17)12-14(9-10-19(23)24)21-22-16-6-2-3-8-18(16)27-21/h2-8,11-12H,9-10H2,1H3,(H,23,24)/p-1/b14-12+. The number of benzene rings is 2. The summed E-state index contributed by atoms with van der Waals surface area (Å²) in [6, 6.07) is 15.4. The normalized spacial score (nSPS) is 12.0. The molecule has 4 rings (SSSR count). The third-order valence-corrected chi connectivity index (χ3v) is 5.34. The van der Waals surface area contributed by atoms with Crippen LogP contribution in [0.5, 0.6) is 5.75 Å². The number of carboxylic acid groups (broad SMARTS) is 1. The first-order valence-electron chi connectivity index (χ1n) is 8.47. The first kappa shape index (κ1) is 17.3. The van der Waals surface area contributed by atoms with Gasteiger partial charge in [0.25, 0.3) is 0 Å². The summed E-state index contributed by atoms with van der Waals surface area (Å²) in [5.74, 6) is 0.193. The van der Waals surface area contributed by atoms with E-state index in [0.29, 0.717) is 23.5 Å². The number of aromatic nitrogens is 1. The maximum atomic E-state index is 11.0. The summed E-state index contributed by atoms with van der Waals surface area (Å²) in [4.78, 5) is 15.6. The Hall–Kier alpha value is -3.12. The second-order valence-corrected chi connectivity index (χ2v) is 7.09. The number of rotatable bonds is 6. The fourth-order valence-electron chi connectivity index (χ4n) is 2.95. The lowest BCUT2D eigenvalue weighted by Crippen LogP contribution is -2.21. The number of hydrogen-bond donors (Lipinski definition) is 0. The van der Waals surface area contributed by atoms with E-state index in [0.717, 1.165) is 26.2 Å². The minimum atomic E-state index is -1.09. The Morgan fingerprint density at radius 2 is 2.07 bits per heavy atom. The number of hydrogen-bond acceptors (Lipinski definition) is 6. The Labute approximate surface area is 159 Å². The van der Waals surface area contributed by atoms with Crippen molar-refractivity contribution < 1.29 is 19.1 Å². The van der Waals surface area contributed by atoms with Gasteiger partial charge in [0.15, 0.2) is 11.3 Å². The molecule has 2 heterocycles. The fraction of sp³-hybridized carbons (Fsp3) is 0.143. The highest BCUT2D eigenvalue weighted by molar-refractivity contribution is 7.19. The van der Waals surface area contributed by atoms with Gasteiger partial charge < -0.3 is 19.1 Å². The lowest BCUT2D eigenvalue weighted by molar-refractivity contribution is -0.305. The van der Waals surface area contributed by atoms with Crippen molar-refractivity contribution in [3.8, 4) is 5.75 Å². The van der Waals surface area contributed by atoms with Crippen molar-refractivity contribution in [1.82, 2.24) is 4.98 Å². The molecule has 0 aliphatic rings. The first-order chi connectivity index (χ1) is 13.1. The molecule has 136 valence electrons. The van der Waals surface area contributed by atoms with E-state index in [4.69, 9.17) is 9.15 Å². The van der Waals surface area contributed by atoms with E-state index in [1.165, 1.54) is 11.3 Å². The lowest BCUT2D eigenvalue weighted by atomic mass is 10.1. The molecule has 0 saturated heterocycles. The van der Waals surface area contributed by atoms with Crippen LogP contribution in [0.3, 0.4) is 0 Å². The second kappa shape index (κ2) is 7.25. The van der Waals surface area contributed by atoms with Crippen molar-refractivity contribution in [3.63, 3.8) is 0 Å². The molecule has 4 aromatic rings. The fourth-order valence-corrected chi connectivity index (χ4v) is 3.96. The number of furan rings is 1. The zero-order valence-corrected chi connectivity index (χ0v) is 15.4. The number of allylic oxidation sites excluding steroid dienone is 1. The van der Waals surface area contributed by atoms with E-state index in [1.54, 1.807) is 7.11 Å². The third-order valence-electron chi connectivity index (χ3n) is 4.23. The highest BCUT2D eigenvalue weighted by atomic mass is 32.1. The molecule has 0 amide bonds. The average molecular weight is 378 g/mol. The van der Waals surface area contributed by atoms with Crippen molar-refractivity contribution in [1.29, 1.82) is 0 Å². The van der Waals surface area contributed by atoms with Gasteiger partial charge in [-0.2, -0.15) is 0 Å². The van der Waals surface area contributed by atoms with Gasteiger partial charge in [0, 0.05) is 11.4 Å². The summed E-state index contributed by atoms with van der Waals surface area (Å²) in [5.41, 5.74) is 2.36. The van der Waals surface area contributed by atoms with Crippen molar-refractivity contribution in [3.05, 3.63) is 59.3 Å². The van der Waals surface area contributed by atoms with Gasteiger partial charge in [0.1, 0.15) is 10.8 Å². The smallest absolute Gasteiger partial charge is 0.176 e. The van der Waals surface area contributed by atoms with Crippen molar-refractivity contribution in [2.24, 2.45) is 0 Å². The highest BCUT2D eigenvalue weighted by Crippen LogP contribution is 2.33. The molecule has 0 unspecified atom stereocenters. The molecule has 0 N–H and O–H groups in total. The number of methoxy groups -OCH3 is 1. The number of carbonyl (C=O) groups is 1. The average Bonchev–Trinajstić information content (AvgIpc) is 3.27. The molecule has 0 fully saturated rings. The Morgan fingerprint density at radius 3 is 2.85 bits per heavy atom. The molecule has 27 heavy (non-hydrogen) atoms. The summed E-state index contributed by atoms with van der Waals surface area (Å²) in [6.45, 7) is 0. The van der Waals surface area contributed by atoms with Crippen molar-refractivity contribution >= 4 is 50.1 Å². The Morgan fingerprint density at radius 1 is 1.22 bits per heavy atom. The van der Waals surface area contributed by atoms with Gasteiger partial charge in [0.2, 0.25) is 0 Å². The van der Waals surface area contributed by atoms with Crippen LogP contribution in [0.25, 0.3) is 32.8 Å². The minimum absolute atomic E-state index is 0.0781. The maximum Gasteiger partial charge on any atom is 0.176 e. The number of carboxylic acids is 1. The van der Waals surface area contributed by atoms with Crippen LogP contribution in [-0.4, -0.2) is 18.1 Å². The van der Waals surface area contributed by atoms with Crippen LogP contribution in [0, 0.1) is 0 Å². The van der Waals surface area contributed by atoms with Crippen LogP contribution in [0.15, 0.2) is 52.9 Å². The van der Waals surface area contributed by atoms with Gasteiger partial charge in [-0.25, -0.2) is 4.98 Å². The monoisotopic (exact) mass is 378 g/mol. The van der Waals surface area contributed by atoms with E-state index in [2.05, 4.69) is 4.98 Å². The largest absolute Gasteiger partial charge is 0.550 e. The maximum absolute atomic E-state index is 11.0. The summed E-state index contributed by atoms with van der Waals surface area (Å²) < 4.78 is 12.3. The van der Waals surface area contributed by atoms with E-state index in [-0.39, 0.29) is 6.42 Å². The molecular formula is C21H16NO4S-. The van der Waals surface area contributed by atoms with Crippen molar-refractivity contribution in [2.75, 3.05) is 7.11 Å². The SMILES string of the molecule is COc1cccc2cc(/C=C(\CCC(=O)[O-])c3nc4ccccc4s3)oc12. The summed E-state index contributed by atoms with van der Waals surface area (Å²) in [7, 11) is 1.60. The van der Waals surface area contributed by atoms with Gasteiger partial charge in [-0.1, -0.05) is 24.3 Å². The lowest BCUT2D eigenvalue weighted by Gasteiger charge is -2.04. The number of carbonyl (C=O) groups excluding carboxylic acids is 1. The molecule has 0 aliphatic heterocycles. The van der Waals surface area contributed by atoms with Gasteiger partial charge in [0.05, 0.1) is 17.3 Å². The van der Waals surface area contributed by atoms with Crippen molar-refractivity contribution in [2.45, 2.75) is 12.8 Å². The zero-order valence-electron chi connectivity index (χ0n) is 14.6. The van der Waals surface area contributed by atoms with Crippen LogP contribution in [0.4, 0.5) is 0 Å². The quantitative estimate of drug-likeness (QED) is 0.504. The first-order valence-corrected chi connectivity index (χ1v) is 9.28. The van der Waals surface area contributed by atoms with E-state index >= 15 is 0 Å². The highest BCUT2D eigenvalue weighted by Gasteiger charge is 2.12. The minimum Gasteiger partial charge on any atom is -0.550 e. The van der Waals surface area contributed by atoms with Gasteiger partial charge >= 0.3 is 0 Å². The predicted octanol–water partition coefficient (Wildman–Crippen LogP) is 4.12. The summed E-state index contributed by atoms with van der Waals surface area (Å²) in [5, 5.41) is 12.7. The van der Waals surface area contributed by atoms with Crippen LogP contribution in [0.2, 0.25) is 0 Å². The summed E-state index contributed by atoms with van der Waals surface area (Å²) in [6.07, 6.45) is 2.09. The molecule has 6 heteroatoms. The van der Waals surface area contributed by atoms with Crippen LogP contribution < -0.4 is 9.84 Å². The topological polar surface area (TPSA) is 75.4 Å². The van der Waals surface area contributed by atoms with Crippen LogP contribution in [-0.2, 0) is 4.79 Å². The number of fused-ring (bicyclic) bond motifs is 2. The number of ether oxygens (including phenoxy) is 1. The number of nitrogens with zero attached hydrogens (tertiary/aromatic N) is 1. The molecule has 2 aromatic heterocycles. The molecule has 5 nitrogen and oxygen atoms in total. The molecule has 0 bridgehead atoms. The molecule has 0 radical (unpaired) electrons. The van der Waals surface area contributed by atoms with E-state index in [1.807, 2.05) is 54.6 Å². The number of thiazole rings is 1.